The van der Waals surface area contributed by atoms with Crippen LogP contribution in [0.4, 0.5) is 5.82 Å². The molecule has 2 fully saturated rings. The van der Waals surface area contributed by atoms with E-state index in [1.165, 1.54) is 38.8 Å². The number of anilines is 1. The Labute approximate surface area is 106 Å². The first-order chi connectivity index (χ1) is 8.33. The first-order valence-electron chi connectivity index (χ1n) is 6.33. The zero-order valence-corrected chi connectivity index (χ0v) is 10.5. The van der Waals surface area contributed by atoms with Crippen LogP contribution in [-0.2, 0) is 0 Å². The summed E-state index contributed by atoms with van der Waals surface area (Å²) in [6.07, 6.45) is 5.13. The predicted molar refractivity (Wildman–Crippen MR) is 68.3 cm³/mol. The van der Waals surface area contributed by atoms with Crippen molar-refractivity contribution in [2.45, 2.75) is 37.8 Å². The molecule has 4 nitrogen and oxygen atoms in total. The number of fused-ring (bicyclic) bond motifs is 1. The molecule has 0 aliphatic carbocycles. The maximum Gasteiger partial charge on any atom is 0.151 e. The highest BCUT2D eigenvalue weighted by molar-refractivity contribution is 6.29. The molecular weight excluding hydrogens is 236 g/mol. The molecule has 2 atom stereocenters. The van der Waals surface area contributed by atoms with Gasteiger partial charge in [-0.2, -0.15) is 0 Å². The molecule has 92 valence electrons. The van der Waals surface area contributed by atoms with Gasteiger partial charge in [0.25, 0.3) is 0 Å². The van der Waals surface area contributed by atoms with Crippen molar-refractivity contribution < 1.29 is 0 Å². The molecule has 0 spiro atoms. The van der Waals surface area contributed by atoms with E-state index in [1.807, 2.05) is 6.07 Å². The molecule has 0 bridgehead atoms. The van der Waals surface area contributed by atoms with Gasteiger partial charge in [0.05, 0.1) is 0 Å². The zero-order valence-electron chi connectivity index (χ0n) is 9.77. The monoisotopic (exact) mass is 252 g/mol. The Morgan fingerprint density at radius 3 is 2.76 bits per heavy atom. The summed E-state index contributed by atoms with van der Waals surface area (Å²) in [6, 6.07) is 4.89. The highest BCUT2D eigenvalue weighted by atomic mass is 35.5. The van der Waals surface area contributed by atoms with Crippen LogP contribution in [0.25, 0.3) is 0 Å². The Hall–Kier alpha value is -0.870. The maximum atomic E-state index is 5.73. The quantitative estimate of drug-likeness (QED) is 0.876. The van der Waals surface area contributed by atoms with Gasteiger partial charge in [0.1, 0.15) is 5.82 Å². The predicted octanol–water partition coefficient (Wildman–Crippen LogP) is 2.17. The fourth-order valence-corrected chi connectivity index (χ4v) is 3.14. The summed E-state index contributed by atoms with van der Waals surface area (Å²) < 4.78 is 0. The molecule has 3 rings (SSSR count). The molecule has 1 N–H and O–H groups in total. The molecule has 1 aromatic heterocycles. The van der Waals surface area contributed by atoms with E-state index in [0.29, 0.717) is 17.2 Å². The molecular formula is C12H17ClN4. The highest BCUT2D eigenvalue weighted by Crippen LogP contribution is 2.28. The number of nitrogens with one attached hydrogen (secondary N) is 1. The van der Waals surface area contributed by atoms with E-state index in [-0.39, 0.29) is 0 Å². The third-order valence-corrected chi connectivity index (χ3v) is 4.01. The summed E-state index contributed by atoms with van der Waals surface area (Å²) in [7, 11) is 0. The third kappa shape index (κ3) is 2.38. The van der Waals surface area contributed by atoms with Crippen molar-refractivity contribution in [1.29, 1.82) is 0 Å². The van der Waals surface area contributed by atoms with E-state index in [1.54, 1.807) is 6.07 Å². The normalized spacial score (nSPS) is 29.0. The topological polar surface area (TPSA) is 41.0 Å². The van der Waals surface area contributed by atoms with Crippen LogP contribution in [0.2, 0.25) is 5.15 Å². The Balaban J connectivity index is 1.69. The van der Waals surface area contributed by atoms with E-state index in [0.717, 1.165) is 5.82 Å². The molecule has 2 saturated heterocycles. The molecule has 1 aromatic rings. The maximum absolute atomic E-state index is 5.73. The SMILES string of the molecule is Clc1ccc(NC2CCCN3CCCC23)nn1. The minimum absolute atomic E-state index is 0.446. The lowest BCUT2D eigenvalue weighted by Gasteiger charge is -2.37. The fraction of sp³-hybridized carbons (Fsp3) is 0.667. The summed E-state index contributed by atoms with van der Waals surface area (Å²) in [5.74, 6) is 0.841. The second-order valence-electron chi connectivity index (χ2n) is 4.88. The van der Waals surface area contributed by atoms with Gasteiger partial charge in [0, 0.05) is 12.1 Å². The van der Waals surface area contributed by atoms with Crippen molar-refractivity contribution in [1.82, 2.24) is 15.1 Å². The van der Waals surface area contributed by atoms with E-state index in [9.17, 15) is 0 Å². The van der Waals surface area contributed by atoms with Gasteiger partial charge in [-0.3, -0.25) is 4.90 Å². The van der Waals surface area contributed by atoms with Gasteiger partial charge in [-0.25, -0.2) is 0 Å². The molecule has 3 heterocycles. The summed E-state index contributed by atoms with van der Waals surface area (Å²) >= 11 is 5.73. The Morgan fingerprint density at radius 1 is 1.18 bits per heavy atom. The molecule has 2 unspecified atom stereocenters. The number of piperidine rings is 1. The minimum Gasteiger partial charge on any atom is -0.364 e. The van der Waals surface area contributed by atoms with Crippen molar-refractivity contribution in [3.63, 3.8) is 0 Å². The standard InChI is InChI=1S/C12H17ClN4/c13-11-5-6-12(16-15-11)14-9-3-1-7-17-8-2-4-10(9)17/h5-6,9-10H,1-4,7-8H2,(H,14,16). The average molecular weight is 253 g/mol. The molecule has 0 aromatic carbocycles. The van der Waals surface area contributed by atoms with Gasteiger partial charge in [0.2, 0.25) is 0 Å². The van der Waals surface area contributed by atoms with Gasteiger partial charge >= 0.3 is 0 Å². The molecule has 5 heteroatoms. The third-order valence-electron chi connectivity index (χ3n) is 3.80. The second-order valence-corrected chi connectivity index (χ2v) is 5.27. The zero-order chi connectivity index (χ0) is 11.7. The summed E-state index contributed by atoms with van der Waals surface area (Å²) in [5, 5.41) is 11.9. The lowest BCUT2D eigenvalue weighted by Crippen LogP contribution is -2.47. The van der Waals surface area contributed by atoms with Crippen LogP contribution in [0.1, 0.15) is 25.7 Å². The number of aromatic nitrogens is 2. The number of rotatable bonds is 2. The summed E-state index contributed by atoms with van der Waals surface area (Å²) in [6.45, 7) is 2.52. The minimum atomic E-state index is 0.446. The molecule has 0 saturated carbocycles. The van der Waals surface area contributed by atoms with Crippen molar-refractivity contribution in [2.24, 2.45) is 0 Å². The molecule has 0 amide bonds. The van der Waals surface area contributed by atoms with Crippen LogP contribution in [0, 0.1) is 0 Å². The lowest BCUT2D eigenvalue weighted by molar-refractivity contribution is 0.183. The number of hydrogen-bond acceptors (Lipinski definition) is 4. The smallest absolute Gasteiger partial charge is 0.151 e. The molecule has 0 radical (unpaired) electrons. The fourth-order valence-electron chi connectivity index (χ4n) is 3.04. The first kappa shape index (κ1) is 11.2. The van der Waals surface area contributed by atoms with Crippen LogP contribution in [-0.4, -0.2) is 40.3 Å². The van der Waals surface area contributed by atoms with Crippen molar-refractivity contribution in [3.05, 3.63) is 17.3 Å². The largest absolute Gasteiger partial charge is 0.364 e. The Morgan fingerprint density at radius 2 is 2.00 bits per heavy atom. The van der Waals surface area contributed by atoms with Gasteiger partial charge < -0.3 is 5.32 Å². The van der Waals surface area contributed by atoms with E-state index < -0.39 is 0 Å². The number of nitrogens with zero attached hydrogens (tertiary/aromatic N) is 3. The van der Waals surface area contributed by atoms with Crippen molar-refractivity contribution >= 4 is 17.4 Å². The first-order valence-corrected chi connectivity index (χ1v) is 6.70. The molecule has 17 heavy (non-hydrogen) atoms. The van der Waals surface area contributed by atoms with Crippen LogP contribution < -0.4 is 5.32 Å². The number of halogens is 1. The highest BCUT2D eigenvalue weighted by Gasteiger charge is 2.34. The van der Waals surface area contributed by atoms with Gasteiger partial charge in [-0.15, -0.1) is 10.2 Å². The van der Waals surface area contributed by atoms with Crippen LogP contribution in [0.15, 0.2) is 12.1 Å². The van der Waals surface area contributed by atoms with Crippen molar-refractivity contribution in [2.75, 3.05) is 18.4 Å². The Kier molecular flexibility index (Phi) is 3.16. The second kappa shape index (κ2) is 4.78. The van der Waals surface area contributed by atoms with E-state index in [4.69, 9.17) is 11.6 Å². The van der Waals surface area contributed by atoms with Gasteiger partial charge in [-0.05, 0) is 50.9 Å². The Bertz CT molecular complexity index is 381. The van der Waals surface area contributed by atoms with Crippen LogP contribution in [0.5, 0.6) is 0 Å². The van der Waals surface area contributed by atoms with E-state index in [2.05, 4.69) is 20.4 Å². The molecule has 2 aliphatic rings. The molecule has 2 aliphatic heterocycles. The summed E-state index contributed by atoms with van der Waals surface area (Å²) in [5.41, 5.74) is 0. The van der Waals surface area contributed by atoms with Gasteiger partial charge in [0.15, 0.2) is 5.15 Å². The summed E-state index contributed by atoms with van der Waals surface area (Å²) in [4.78, 5) is 2.60. The van der Waals surface area contributed by atoms with E-state index >= 15 is 0 Å². The number of hydrogen-bond donors (Lipinski definition) is 1. The van der Waals surface area contributed by atoms with Crippen LogP contribution >= 0.6 is 11.6 Å². The van der Waals surface area contributed by atoms with Gasteiger partial charge in [-0.1, -0.05) is 11.6 Å². The van der Waals surface area contributed by atoms with Crippen molar-refractivity contribution in [3.8, 4) is 0 Å². The lowest BCUT2D eigenvalue weighted by atomic mass is 9.96. The average Bonchev–Trinajstić information content (AvgIpc) is 2.81. The van der Waals surface area contributed by atoms with Crippen LogP contribution in [0.3, 0.4) is 0 Å².